The van der Waals surface area contributed by atoms with Crippen molar-refractivity contribution in [1.82, 2.24) is 4.98 Å². The third-order valence-electron chi connectivity index (χ3n) is 4.89. The molecule has 0 aliphatic heterocycles. The van der Waals surface area contributed by atoms with Crippen LogP contribution in [-0.2, 0) is 0 Å². The van der Waals surface area contributed by atoms with E-state index in [4.69, 9.17) is 4.74 Å². The highest BCUT2D eigenvalue weighted by Gasteiger charge is 2.40. The lowest BCUT2D eigenvalue weighted by Gasteiger charge is -2.46. The molecule has 3 saturated carbocycles. The summed E-state index contributed by atoms with van der Waals surface area (Å²) in [4.78, 5) is 15.3. The van der Waals surface area contributed by atoms with Crippen molar-refractivity contribution in [2.75, 3.05) is 6.61 Å². The molecule has 4 rings (SSSR count). The molecule has 0 amide bonds. The van der Waals surface area contributed by atoms with Gasteiger partial charge in [0.05, 0.1) is 12.8 Å². The number of carbonyl (C=O) groups excluding carboxylic acids is 1. The van der Waals surface area contributed by atoms with Gasteiger partial charge in [-0.2, -0.15) is 0 Å². The van der Waals surface area contributed by atoms with E-state index in [2.05, 4.69) is 4.98 Å². The van der Waals surface area contributed by atoms with E-state index in [1.54, 1.807) is 12.3 Å². The van der Waals surface area contributed by atoms with Gasteiger partial charge in [0.1, 0.15) is 11.4 Å². The van der Waals surface area contributed by atoms with Crippen LogP contribution in [-0.4, -0.2) is 17.4 Å². The largest absolute Gasteiger partial charge is 0.491 e. The summed E-state index contributed by atoms with van der Waals surface area (Å²) < 4.78 is 5.93. The Bertz CT molecular complexity index is 444. The summed E-state index contributed by atoms with van der Waals surface area (Å²) in [5.41, 5.74) is 0.914. The van der Waals surface area contributed by atoms with Gasteiger partial charge in [-0.1, -0.05) is 0 Å². The zero-order valence-corrected chi connectivity index (χ0v) is 11.5. The number of carbonyl (C=O) groups is 1. The molecule has 3 aliphatic carbocycles. The minimum atomic E-state index is -0.00394. The molecule has 1 aromatic rings. The molecule has 3 fully saturated rings. The van der Waals surface area contributed by atoms with E-state index in [1.807, 2.05) is 6.07 Å². The summed E-state index contributed by atoms with van der Waals surface area (Å²) >= 11 is 0. The Morgan fingerprint density at radius 3 is 2.53 bits per heavy atom. The monoisotopic (exact) mass is 259 g/mol. The molecule has 0 atom stereocenters. The van der Waals surface area contributed by atoms with Crippen molar-refractivity contribution < 1.29 is 9.53 Å². The van der Waals surface area contributed by atoms with E-state index in [9.17, 15) is 4.79 Å². The predicted octanol–water partition coefficient (Wildman–Crippen LogP) is 3.63. The molecule has 2 bridgehead atoms. The number of hydrogen-bond donors (Lipinski definition) is 0. The number of hydrogen-bond acceptors (Lipinski definition) is 3. The van der Waals surface area contributed by atoms with Gasteiger partial charge in [0, 0.05) is 12.3 Å². The average molecular weight is 259 g/mol. The molecule has 102 valence electrons. The fourth-order valence-electron chi connectivity index (χ4n) is 3.47. The van der Waals surface area contributed by atoms with Crippen LogP contribution in [0.2, 0.25) is 0 Å². The Labute approximate surface area is 114 Å². The van der Waals surface area contributed by atoms with Crippen LogP contribution in [0.25, 0.3) is 0 Å². The molecule has 3 aliphatic rings. The summed E-state index contributed by atoms with van der Waals surface area (Å²) in [6.07, 6.45) is 9.76. The minimum Gasteiger partial charge on any atom is -0.491 e. The van der Waals surface area contributed by atoms with Crippen LogP contribution in [0.15, 0.2) is 18.3 Å². The minimum absolute atomic E-state index is 0.00394. The number of ketones is 1. The Kier molecular flexibility index (Phi) is 3.29. The van der Waals surface area contributed by atoms with Crippen LogP contribution in [0, 0.1) is 11.3 Å². The number of fused-ring (bicyclic) bond motifs is 3. The van der Waals surface area contributed by atoms with Gasteiger partial charge in [-0.25, -0.2) is 4.98 Å². The molecular formula is C16H21NO2. The van der Waals surface area contributed by atoms with E-state index < -0.39 is 0 Å². The van der Waals surface area contributed by atoms with Gasteiger partial charge in [0.2, 0.25) is 0 Å². The quantitative estimate of drug-likeness (QED) is 0.775. The summed E-state index contributed by atoms with van der Waals surface area (Å²) in [6, 6.07) is 3.60. The Hall–Kier alpha value is -1.38. The normalized spacial score (nSPS) is 29.2. The topological polar surface area (TPSA) is 39.2 Å². The second-order valence-electron chi connectivity index (χ2n) is 6.21. The molecule has 1 heterocycles. The fraction of sp³-hybridized carbons (Fsp3) is 0.625. The van der Waals surface area contributed by atoms with Crippen LogP contribution in [0.4, 0.5) is 0 Å². The standard InChI is InChI=1S/C16H21NO2/c1-12(18)15-3-2-14(10-17-15)19-11-16-7-4-13(5-8-16)6-9-16/h2-3,10,13H,4-9,11H2,1H3. The maximum Gasteiger partial charge on any atom is 0.178 e. The number of rotatable bonds is 4. The Balaban J connectivity index is 1.61. The zero-order valence-electron chi connectivity index (χ0n) is 11.5. The number of pyridine rings is 1. The van der Waals surface area contributed by atoms with Crippen molar-refractivity contribution >= 4 is 5.78 Å². The van der Waals surface area contributed by atoms with Gasteiger partial charge in [-0.3, -0.25) is 4.79 Å². The van der Waals surface area contributed by atoms with Crippen LogP contribution in [0.5, 0.6) is 5.75 Å². The lowest BCUT2D eigenvalue weighted by atomic mass is 9.61. The summed E-state index contributed by atoms with van der Waals surface area (Å²) in [5, 5.41) is 0. The predicted molar refractivity (Wildman–Crippen MR) is 73.4 cm³/mol. The first-order chi connectivity index (χ1) is 9.17. The van der Waals surface area contributed by atoms with Crippen molar-refractivity contribution in [1.29, 1.82) is 0 Å². The summed E-state index contributed by atoms with van der Waals surface area (Å²) in [5.74, 6) is 1.77. The van der Waals surface area contributed by atoms with E-state index in [1.165, 1.54) is 45.4 Å². The Morgan fingerprint density at radius 1 is 1.32 bits per heavy atom. The highest BCUT2D eigenvalue weighted by molar-refractivity contribution is 5.92. The molecule has 19 heavy (non-hydrogen) atoms. The van der Waals surface area contributed by atoms with E-state index in [0.29, 0.717) is 11.1 Å². The fourth-order valence-corrected chi connectivity index (χ4v) is 3.47. The average Bonchev–Trinajstić information content (AvgIpc) is 2.48. The number of aromatic nitrogens is 1. The van der Waals surface area contributed by atoms with Gasteiger partial charge in [0.15, 0.2) is 5.78 Å². The van der Waals surface area contributed by atoms with Crippen molar-refractivity contribution in [2.24, 2.45) is 11.3 Å². The maximum absolute atomic E-state index is 11.2. The third-order valence-corrected chi connectivity index (χ3v) is 4.89. The van der Waals surface area contributed by atoms with Crippen LogP contribution in [0.3, 0.4) is 0 Å². The number of ether oxygens (including phenoxy) is 1. The zero-order chi connectivity index (χ0) is 13.3. The lowest BCUT2D eigenvalue weighted by molar-refractivity contribution is 0.0190. The first kappa shape index (κ1) is 12.6. The summed E-state index contributed by atoms with van der Waals surface area (Å²) in [7, 11) is 0. The lowest BCUT2D eigenvalue weighted by Crippen LogP contribution is -2.38. The molecule has 3 nitrogen and oxygen atoms in total. The Morgan fingerprint density at radius 2 is 2.00 bits per heavy atom. The highest BCUT2D eigenvalue weighted by atomic mass is 16.5. The molecule has 3 heteroatoms. The maximum atomic E-state index is 11.2. The van der Waals surface area contributed by atoms with E-state index in [0.717, 1.165) is 18.3 Å². The number of Topliss-reactive ketones (excluding diaryl/α,β-unsaturated/α-hetero) is 1. The van der Waals surface area contributed by atoms with Crippen LogP contribution in [0.1, 0.15) is 55.9 Å². The van der Waals surface area contributed by atoms with Crippen LogP contribution < -0.4 is 4.74 Å². The van der Waals surface area contributed by atoms with Crippen molar-refractivity contribution in [2.45, 2.75) is 45.4 Å². The van der Waals surface area contributed by atoms with Gasteiger partial charge in [-0.15, -0.1) is 0 Å². The third kappa shape index (κ3) is 2.65. The van der Waals surface area contributed by atoms with Crippen molar-refractivity contribution in [3.8, 4) is 5.75 Å². The number of nitrogens with zero attached hydrogens (tertiary/aromatic N) is 1. The molecule has 1 aromatic heterocycles. The molecule has 0 unspecified atom stereocenters. The SMILES string of the molecule is CC(=O)c1ccc(OCC23CCC(CC2)CC3)cn1. The smallest absolute Gasteiger partial charge is 0.178 e. The molecule has 0 aromatic carbocycles. The second-order valence-corrected chi connectivity index (χ2v) is 6.21. The first-order valence-corrected chi connectivity index (χ1v) is 7.27. The molecule has 0 N–H and O–H groups in total. The summed E-state index contributed by atoms with van der Waals surface area (Å²) in [6.45, 7) is 2.34. The second kappa shape index (κ2) is 4.95. The van der Waals surface area contributed by atoms with Gasteiger partial charge in [-0.05, 0) is 56.6 Å². The van der Waals surface area contributed by atoms with Gasteiger partial charge in [0.25, 0.3) is 0 Å². The van der Waals surface area contributed by atoms with Crippen molar-refractivity contribution in [3.05, 3.63) is 24.0 Å². The van der Waals surface area contributed by atoms with Crippen molar-refractivity contribution in [3.63, 3.8) is 0 Å². The molecule has 0 saturated heterocycles. The van der Waals surface area contributed by atoms with Gasteiger partial charge < -0.3 is 4.74 Å². The van der Waals surface area contributed by atoms with E-state index >= 15 is 0 Å². The highest BCUT2D eigenvalue weighted by Crippen LogP contribution is 2.50. The van der Waals surface area contributed by atoms with E-state index in [-0.39, 0.29) is 5.78 Å². The molecule has 0 spiro atoms. The first-order valence-electron chi connectivity index (χ1n) is 7.27. The van der Waals surface area contributed by atoms with Gasteiger partial charge >= 0.3 is 0 Å². The molecular weight excluding hydrogens is 238 g/mol. The molecule has 0 radical (unpaired) electrons. The van der Waals surface area contributed by atoms with Crippen LogP contribution >= 0.6 is 0 Å².